The van der Waals surface area contributed by atoms with Crippen LogP contribution in [0.3, 0.4) is 0 Å². The molecule has 4 heteroatoms. The number of Topliss-reactive ketones (excluding diaryl/α,β-unsaturated/α-hetero) is 1. The Morgan fingerprint density at radius 2 is 2.04 bits per heavy atom. The lowest BCUT2D eigenvalue weighted by atomic mass is 9.70. The van der Waals surface area contributed by atoms with Crippen LogP contribution >= 0.6 is 11.6 Å². The first-order valence-electron chi connectivity index (χ1n) is 10.1. The lowest BCUT2D eigenvalue weighted by Crippen LogP contribution is -2.36. The first-order valence-corrected chi connectivity index (χ1v) is 10.5. The molecule has 1 aromatic rings. The Morgan fingerprint density at radius 3 is 2.67 bits per heavy atom. The molecule has 3 nitrogen and oxygen atoms in total. The van der Waals surface area contributed by atoms with Crippen LogP contribution in [-0.4, -0.2) is 16.9 Å². The zero-order chi connectivity index (χ0) is 19.8. The van der Waals surface area contributed by atoms with E-state index in [2.05, 4.69) is 13.0 Å². The number of carbonyl (C=O) groups excluding carboxylic acids is 1. The summed E-state index contributed by atoms with van der Waals surface area (Å²) in [7, 11) is 0. The maximum absolute atomic E-state index is 13.0. The van der Waals surface area contributed by atoms with Crippen LogP contribution in [0.2, 0.25) is 5.02 Å². The number of hydrogen-bond acceptors (Lipinski definition) is 2. The summed E-state index contributed by atoms with van der Waals surface area (Å²) in [5, 5.41) is 10.0. The van der Waals surface area contributed by atoms with Gasteiger partial charge in [0.1, 0.15) is 5.41 Å². The fraction of sp³-hybridized carbons (Fsp3) is 0.565. The lowest BCUT2D eigenvalue weighted by molar-refractivity contribution is -0.145. The molecule has 0 radical (unpaired) electrons. The summed E-state index contributed by atoms with van der Waals surface area (Å²) in [6.45, 7) is 5.44. The van der Waals surface area contributed by atoms with Crippen molar-refractivity contribution >= 4 is 28.9 Å². The molecule has 0 saturated heterocycles. The highest BCUT2D eigenvalue weighted by atomic mass is 35.5. The third-order valence-corrected chi connectivity index (χ3v) is 7.19. The number of rotatable bonds is 7. The quantitative estimate of drug-likeness (QED) is 0.439. The van der Waals surface area contributed by atoms with Gasteiger partial charge in [-0.1, -0.05) is 50.4 Å². The van der Waals surface area contributed by atoms with Crippen molar-refractivity contribution in [3.8, 4) is 0 Å². The first kappa shape index (κ1) is 20.1. The predicted molar refractivity (Wildman–Crippen MR) is 109 cm³/mol. The van der Waals surface area contributed by atoms with Crippen molar-refractivity contribution in [2.24, 2.45) is 10.8 Å². The number of unbranched alkanes of at least 4 members (excludes halogenated alkanes) is 1. The van der Waals surface area contributed by atoms with E-state index in [-0.39, 0.29) is 11.8 Å². The zero-order valence-corrected chi connectivity index (χ0v) is 17.3. The Labute approximate surface area is 166 Å². The topological polar surface area (TPSA) is 54.4 Å². The van der Waals surface area contributed by atoms with Gasteiger partial charge >= 0.3 is 5.97 Å². The second-order valence-corrected chi connectivity index (χ2v) is 8.72. The van der Waals surface area contributed by atoms with Crippen molar-refractivity contribution < 1.29 is 14.7 Å². The molecule has 1 N–H and O–H groups in total. The van der Waals surface area contributed by atoms with Crippen LogP contribution in [-0.2, 0) is 11.2 Å². The van der Waals surface area contributed by atoms with Crippen LogP contribution in [0.4, 0.5) is 0 Å². The predicted octanol–water partition coefficient (Wildman–Crippen LogP) is 6.32. The smallest absolute Gasteiger partial charge is 0.317 e. The number of aliphatic carboxylic acids is 1. The van der Waals surface area contributed by atoms with Gasteiger partial charge in [-0.2, -0.15) is 0 Å². The van der Waals surface area contributed by atoms with Crippen LogP contribution in [0.15, 0.2) is 18.2 Å². The molecular weight excluding hydrogens is 360 g/mol. The molecule has 0 aromatic heterocycles. The number of hydrogen-bond donors (Lipinski definition) is 1. The SMILES string of the molecule is CCCCC12CCCC=C1c1ccc(C(=O)C(C)(CC)C(=O)O)c(Cl)c1C2. The van der Waals surface area contributed by atoms with Crippen LogP contribution in [0, 0.1) is 10.8 Å². The second-order valence-electron chi connectivity index (χ2n) is 8.34. The molecule has 0 bridgehead atoms. The molecule has 0 saturated carbocycles. The highest BCUT2D eigenvalue weighted by molar-refractivity contribution is 6.36. The summed E-state index contributed by atoms with van der Waals surface area (Å²) < 4.78 is 0. The number of carboxylic acids is 1. The van der Waals surface area contributed by atoms with E-state index < -0.39 is 17.2 Å². The average Bonchev–Trinajstić information content (AvgIpc) is 3.01. The minimum absolute atomic E-state index is 0.142. The number of carbonyl (C=O) groups is 2. The minimum Gasteiger partial charge on any atom is -0.480 e. The molecule has 0 aliphatic heterocycles. The Balaban J connectivity index is 2.06. The normalized spacial score (nSPS) is 23.2. The monoisotopic (exact) mass is 388 g/mol. The molecule has 27 heavy (non-hydrogen) atoms. The Bertz CT molecular complexity index is 810. The molecule has 2 aliphatic carbocycles. The molecule has 0 spiro atoms. The van der Waals surface area contributed by atoms with Crippen LogP contribution < -0.4 is 0 Å². The zero-order valence-electron chi connectivity index (χ0n) is 16.5. The number of carboxylic acid groups (broad SMARTS) is 1. The number of fused-ring (bicyclic) bond motifs is 3. The third kappa shape index (κ3) is 3.14. The van der Waals surface area contributed by atoms with E-state index in [0.717, 1.165) is 37.7 Å². The standard InChI is InChI=1S/C23H29ClO3/c1-4-6-12-23-13-8-7-9-18(23)15-10-11-16(19(24)17(15)14-23)20(25)22(3,5-2)21(26)27/h9-11H,4-8,12-14H2,1-3H3,(H,26,27). The van der Waals surface area contributed by atoms with Crippen molar-refractivity contribution in [3.05, 3.63) is 39.9 Å². The van der Waals surface area contributed by atoms with E-state index in [1.807, 2.05) is 6.07 Å². The second kappa shape index (κ2) is 7.43. The molecule has 3 rings (SSSR count). The number of benzene rings is 1. The highest BCUT2D eigenvalue weighted by Gasteiger charge is 2.45. The van der Waals surface area contributed by atoms with Crippen molar-refractivity contribution in [1.29, 1.82) is 0 Å². The number of halogens is 1. The molecule has 1 aromatic carbocycles. The van der Waals surface area contributed by atoms with E-state index >= 15 is 0 Å². The summed E-state index contributed by atoms with van der Waals surface area (Å²) >= 11 is 6.74. The third-order valence-electron chi connectivity index (χ3n) is 6.76. The van der Waals surface area contributed by atoms with Gasteiger partial charge in [-0.15, -0.1) is 0 Å². The fourth-order valence-corrected chi connectivity index (χ4v) is 5.06. The molecule has 0 heterocycles. The van der Waals surface area contributed by atoms with E-state index in [4.69, 9.17) is 11.6 Å². The summed E-state index contributed by atoms with van der Waals surface area (Å²) in [4.78, 5) is 24.8. The number of allylic oxidation sites excluding steroid dienone is 2. The van der Waals surface area contributed by atoms with E-state index in [9.17, 15) is 14.7 Å². The first-order chi connectivity index (χ1) is 12.8. The van der Waals surface area contributed by atoms with Gasteiger partial charge in [0.25, 0.3) is 0 Å². The van der Waals surface area contributed by atoms with Gasteiger partial charge in [0.2, 0.25) is 0 Å². The molecule has 2 aliphatic rings. The fourth-order valence-electron chi connectivity index (χ4n) is 4.75. The van der Waals surface area contributed by atoms with Gasteiger partial charge in [0.05, 0.1) is 5.02 Å². The molecular formula is C23H29ClO3. The van der Waals surface area contributed by atoms with Crippen molar-refractivity contribution in [1.82, 2.24) is 0 Å². The van der Waals surface area contributed by atoms with Crippen LogP contribution in [0.1, 0.15) is 87.2 Å². The van der Waals surface area contributed by atoms with Crippen molar-refractivity contribution in [3.63, 3.8) is 0 Å². The lowest BCUT2D eigenvalue weighted by Gasteiger charge is -2.34. The minimum atomic E-state index is -1.44. The highest BCUT2D eigenvalue weighted by Crippen LogP contribution is 2.56. The van der Waals surface area contributed by atoms with Gasteiger partial charge in [-0.25, -0.2) is 0 Å². The Kier molecular flexibility index (Phi) is 5.54. The largest absolute Gasteiger partial charge is 0.480 e. The van der Waals surface area contributed by atoms with E-state index in [1.54, 1.807) is 13.0 Å². The molecule has 146 valence electrons. The van der Waals surface area contributed by atoms with Crippen LogP contribution in [0.25, 0.3) is 5.57 Å². The molecule has 0 amide bonds. The van der Waals surface area contributed by atoms with Crippen molar-refractivity contribution in [2.75, 3.05) is 0 Å². The van der Waals surface area contributed by atoms with Crippen LogP contribution in [0.5, 0.6) is 0 Å². The maximum atomic E-state index is 13.0. The van der Waals surface area contributed by atoms with Gasteiger partial charge < -0.3 is 5.11 Å². The summed E-state index contributed by atoms with van der Waals surface area (Å²) in [5.41, 5.74) is 2.66. The summed E-state index contributed by atoms with van der Waals surface area (Å²) in [6, 6.07) is 3.74. The van der Waals surface area contributed by atoms with Crippen molar-refractivity contribution in [2.45, 2.75) is 72.1 Å². The average molecular weight is 389 g/mol. The summed E-state index contributed by atoms with van der Waals surface area (Å²) in [6.07, 6.45) is 10.4. The Hall–Kier alpha value is -1.61. The number of ketones is 1. The van der Waals surface area contributed by atoms with E-state index in [0.29, 0.717) is 10.6 Å². The van der Waals surface area contributed by atoms with Gasteiger partial charge in [0.15, 0.2) is 5.78 Å². The Morgan fingerprint density at radius 1 is 1.30 bits per heavy atom. The maximum Gasteiger partial charge on any atom is 0.317 e. The summed E-state index contributed by atoms with van der Waals surface area (Å²) in [5.74, 6) is -1.49. The van der Waals surface area contributed by atoms with E-state index in [1.165, 1.54) is 30.9 Å². The molecule has 0 fully saturated rings. The molecule has 2 unspecified atom stereocenters. The van der Waals surface area contributed by atoms with Gasteiger partial charge in [-0.05, 0) is 73.6 Å². The van der Waals surface area contributed by atoms with Gasteiger partial charge in [-0.3, -0.25) is 9.59 Å². The van der Waals surface area contributed by atoms with Gasteiger partial charge in [0, 0.05) is 5.56 Å². The molecule has 2 atom stereocenters.